The second-order valence-corrected chi connectivity index (χ2v) is 10.9. The van der Waals surface area contributed by atoms with Gasteiger partial charge < -0.3 is 10.6 Å². The summed E-state index contributed by atoms with van der Waals surface area (Å²) in [6.45, 7) is 1.25. The number of halogens is 2. The molecule has 180 valence electrons. The van der Waals surface area contributed by atoms with E-state index in [-0.39, 0.29) is 25.3 Å². The summed E-state index contributed by atoms with van der Waals surface area (Å²) >= 11 is 6.55. The van der Waals surface area contributed by atoms with Crippen LogP contribution in [0.15, 0.2) is 69.8 Å². The van der Waals surface area contributed by atoms with Crippen LogP contribution in [-0.4, -0.2) is 24.9 Å². The number of aromatic nitrogens is 1. The molecule has 0 aliphatic rings. The van der Waals surface area contributed by atoms with Crippen LogP contribution in [0.5, 0.6) is 0 Å². The number of carbonyl (C=O) groups is 2. The highest BCUT2D eigenvalue weighted by molar-refractivity contribution is 7.92. The van der Waals surface area contributed by atoms with Crippen LogP contribution >= 0.6 is 22.9 Å². The fourth-order valence-corrected chi connectivity index (χ4v) is 5.62. The minimum atomic E-state index is -4.08. The van der Waals surface area contributed by atoms with Gasteiger partial charge in [0.25, 0.3) is 15.6 Å². The predicted molar refractivity (Wildman–Crippen MR) is 132 cm³/mol. The van der Waals surface area contributed by atoms with Gasteiger partial charge in [-0.15, -0.1) is 11.3 Å². The Balaban J connectivity index is 1.53. The summed E-state index contributed by atoms with van der Waals surface area (Å²) in [5.41, 5.74) is 0.176. The minimum Gasteiger partial charge on any atom is -0.324 e. The molecule has 0 bridgehead atoms. The molecule has 35 heavy (non-hydrogen) atoms. The lowest BCUT2D eigenvalue weighted by molar-refractivity contribution is -0.114. The molecule has 0 aliphatic heterocycles. The van der Waals surface area contributed by atoms with Crippen molar-refractivity contribution in [2.24, 2.45) is 0 Å². The number of hydrogen-bond donors (Lipinski definition) is 3. The van der Waals surface area contributed by atoms with Crippen molar-refractivity contribution in [2.45, 2.75) is 11.1 Å². The Morgan fingerprint density at radius 2 is 1.74 bits per heavy atom. The Morgan fingerprint density at radius 1 is 1.03 bits per heavy atom. The van der Waals surface area contributed by atoms with Crippen LogP contribution in [0.1, 0.15) is 6.92 Å². The van der Waals surface area contributed by atoms with Gasteiger partial charge in [0.2, 0.25) is 5.91 Å². The molecule has 13 heteroatoms. The minimum absolute atomic E-state index is 0.0277. The number of benzene rings is 2. The Morgan fingerprint density at radius 3 is 2.37 bits per heavy atom. The first-order chi connectivity index (χ1) is 16.5. The second kappa shape index (κ2) is 9.49. The highest BCUT2D eigenvalue weighted by Crippen LogP contribution is 2.25. The van der Waals surface area contributed by atoms with Gasteiger partial charge in [0, 0.05) is 24.5 Å². The van der Waals surface area contributed by atoms with E-state index in [1.54, 1.807) is 6.07 Å². The third-order valence-electron chi connectivity index (χ3n) is 4.75. The van der Waals surface area contributed by atoms with Crippen LogP contribution < -0.4 is 20.9 Å². The summed E-state index contributed by atoms with van der Waals surface area (Å²) in [5, 5.41) is 5.32. The lowest BCUT2D eigenvalue weighted by Gasteiger charge is -2.11. The number of hydrogen-bond acceptors (Lipinski definition) is 6. The van der Waals surface area contributed by atoms with Crippen molar-refractivity contribution in [2.75, 3.05) is 10.6 Å². The summed E-state index contributed by atoms with van der Waals surface area (Å²) in [7, 11) is -4.08. The number of nitrogens with one attached hydrogen (secondary N) is 3. The fraction of sp³-hybridized carbons (Fsp3) is 0.0455. The molecule has 0 spiro atoms. The molecule has 0 fully saturated rings. The van der Waals surface area contributed by atoms with E-state index < -0.39 is 33.3 Å². The van der Waals surface area contributed by atoms with Gasteiger partial charge in [0.15, 0.2) is 0 Å². The van der Waals surface area contributed by atoms with E-state index in [0.29, 0.717) is 11.1 Å². The van der Waals surface area contributed by atoms with E-state index >= 15 is 0 Å². The standard InChI is InChI=1S/C22H16ClFN4O5S2/c1-12(29)25-18-10-13-8-9-28(21(30)16(13)11-17(18)24)15-4-2-14(3-5-15)26-22(31)27-35(32,33)20-7-6-19(23)34-20/h2-11H,1H3,(H,25,29)(H2,26,27,31). The molecule has 2 aromatic carbocycles. The SMILES string of the molecule is CC(=O)Nc1cc2ccn(-c3ccc(NC(=O)NS(=O)(=O)c4ccc(Cl)s4)cc3)c(=O)c2cc1F. The highest BCUT2D eigenvalue weighted by Gasteiger charge is 2.20. The second-order valence-electron chi connectivity index (χ2n) is 7.26. The van der Waals surface area contributed by atoms with Crippen LogP contribution in [0.3, 0.4) is 0 Å². The van der Waals surface area contributed by atoms with Gasteiger partial charge in [-0.1, -0.05) is 11.6 Å². The van der Waals surface area contributed by atoms with Gasteiger partial charge in [0.05, 0.1) is 15.4 Å². The van der Waals surface area contributed by atoms with Crippen LogP contribution in [0.4, 0.5) is 20.6 Å². The van der Waals surface area contributed by atoms with Crippen molar-refractivity contribution < 1.29 is 22.4 Å². The van der Waals surface area contributed by atoms with Crippen LogP contribution in [0.25, 0.3) is 16.5 Å². The summed E-state index contributed by atoms with van der Waals surface area (Å²) in [6.07, 6.45) is 1.49. The normalized spacial score (nSPS) is 11.3. The molecule has 4 rings (SSSR count). The zero-order chi connectivity index (χ0) is 25.3. The van der Waals surface area contributed by atoms with Gasteiger partial charge in [-0.05, 0) is 60.0 Å². The Labute approximate surface area is 207 Å². The molecule has 0 saturated heterocycles. The molecule has 9 nitrogen and oxygen atoms in total. The van der Waals surface area contributed by atoms with Crippen molar-refractivity contribution in [3.63, 3.8) is 0 Å². The van der Waals surface area contributed by atoms with Gasteiger partial charge in [0.1, 0.15) is 10.0 Å². The topological polar surface area (TPSA) is 126 Å². The summed E-state index contributed by atoms with van der Waals surface area (Å²) in [4.78, 5) is 36.3. The first kappa shape index (κ1) is 24.4. The van der Waals surface area contributed by atoms with Crippen molar-refractivity contribution in [3.8, 4) is 5.69 Å². The maximum Gasteiger partial charge on any atom is 0.333 e. The first-order valence-corrected chi connectivity index (χ1v) is 12.5. The van der Waals surface area contributed by atoms with Gasteiger partial charge in [-0.3, -0.25) is 14.2 Å². The third-order valence-corrected chi connectivity index (χ3v) is 7.80. The van der Waals surface area contributed by atoms with Crippen molar-refractivity contribution in [1.29, 1.82) is 0 Å². The van der Waals surface area contributed by atoms with E-state index in [9.17, 15) is 27.2 Å². The third kappa shape index (κ3) is 5.34. The average molecular weight is 535 g/mol. The van der Waals surface area contributed by atoms with E-state index in [1.165, 1.54) is 60.2 Å². The number of thiophene rings is 1. The lowest BCUT2D eigenvalue weighted by atomic mass is 10.1. The van der Waals surface area contributed by atoms with Crippen LogP contribution in [0.2, 0.25) is 4.34 Å². The summed E-state index contributed by atoms with van der Waals surface area (Å²) in [6, 6.07) is 11.7. The summed E-state index contributed by atoms with van der Waals surface area (Å²) < 4.78 is 42.1. The average Bonchev–Trinajstić information content (AvgIpc) is 3.23. The molecule has 0 unspecified atom stereocenters. The number of rotatable bonds is 5. The molecule has 2 heterocycles. The molecule has 4 aromatic rings. The van der Waals surface area contributed by atoms with E-state index in [0.717, 1.165) is 17.4 Å². The van der Waals surface area contributed by atoms with Crippen LogP contribution in [0, 0.1) is 5.82 Å². The molecular weight excluding hydrogens is 519 g/mol. The number of amides is 3. The number of pyridine rings is 1. The summed E-state index contributed by atoms with van der Waals surface area (Å²) in [5.74, 6) is -1.18. The van der Waals surface area contributed by atoms with Gasteiger partial charge in [-0.2, -0.15) is 0 Å². The Kier molecular flexibility index (Phi) is 6.61. The van der Waals surface area contributed by atoms with Gasteiger partial charge >= 0.3 is 6.03 Å². The number of fused-ring (bicyclic) bond motifs is 1. The smallest absolute Gasteiger partial charge is 0.324 e. The molecule has 0 radical (unpaired) electrons. The van der Waals surface area contributed by atoms with Crippen molar-refractivity contribution in [1.82, 2.24) is 9.29 Å². The Hall–Kier alpha value is -3.74. The Bertz CT molecular complexity index is 1630. The van der Waals surface area contributed by atoms with Crippen LogP contribution in [-0.2, 0) is 14.8 Å². The molecule has 0 saturated carbocycles. The van der Waals surface area contributed by atoms with Crippen molar-refractivity contribution in [3.05, 3.63) is 81.3 Å². The zero-order valence-electron chi connectivity index (χ0n) is 17.8. The maximum atomic E-state index is 14.3. The molecule has 3 amide bonds. The largest absolute Gasteiger partial charge is 0.333 e. The quantitative estimate of drug-likeness (QED) is 0.351. The monoisotopic (exact) mass is 534 g/mol. The number of sulfonamides is 1. The lowest BCUT2D eigenvalue weighted by Crippen LogP contribution is -2.33. The zero-order valence-corrected chi connectivity index (χ0v) is 20.2. The highest BCUT2D eigenvalue weighted by atomic mass is 35.5. The first-order valence-electron chi connectivity index (χ1n) is 9.85. The molecule has 0 atom stereocenters. The van der Waals surface area contributed by atoms with Gasteiger partial charge in [-0.25, -0.2) is 22.3 Å². The molecule has 2 aromatic heterocycles. The number of anilines is 2. The number of nitrogens with zero attached hydrogens (tertiary/aromatic N) is 1. The number of carbonyl (C=O) groups excluding carboxylic acids is 2. The van der Waals surface area contributed by atoms with Crippen molar-refractivity contribution >= 4 is 67.0 Å². The number of urea groups is 1. The molecule has 3 N–H and O–H groups in total. The fourth-order valence-electron chi connectivity index (χ4n) is 3.23. The molecular formula is C22H16ClFN4O5S2. The van der Waals surface area contributed by atoms with E-state index in [1.807, 2.05) is 4.72 Å². The van der Waals surface area contributed by atoms with E-state index in [4.69, 9.17) is 11.6 Å². The molecule has 0 aliphatic carbocycles. The maximum absolute atomic E-state index is 14.3. The predicted octanol–water partition coefficient (Wildman–Crippen LogP) is 4.31. The van der Waals surface area contributed by atoms with E-state index in [2.05, 4.69) is 10.6 Å².